The van der Waals surface area contributed by atoms with Crippen LogP contribution in [0, 0.1) is 0 Å². The second-order valence-electron chi connectivity index (χ2n) is 3.78. The minimum atomic E-state index is -0.189. The van der Waals surface area contributed by atoms with Gasteiger partial charge in [-0.15, -0.1) is 25.3 Å². The summed E-state index contributed by atoms with van der Waals surface area (Å²) in [5, 5.41) is -0.379. The lowest BCUT2D eigenvalue weighted by atomic mass is 10.2. The maximum atomic E-state index is 12.0. The van der Waals surface area contributed by atoms with Crippen LogP contribution in [-0.4, -0.2) is 10.2 Å². The highest BCUT2D eigenvalue weighted by Gasteiger charge is 2.15. The van der Waals surface area contributed by atoms with Crippen LogP contribution in [0.25, 0.3) is 0 Å². The van der Waals surface area contributed by atoms with E-state index in [0.717, 1.165) is 21.6 Å². The Kier molecular flexibility index (Phi) is 5.65. The molecule has 0 N–H and O–H groups in total. The fourth-order valence-electron chi connectivity index (χ4n) is 1.46. The van der Waals surface area contributed by atoms with Crippen molar-refractivity contribution >= 4 is 57.1 Å². The van der Waals surface area contributed by atoms with Gasteiger partial charge in [-0.05, 0) is 45.9 Å². The van der Waals surface area contributed by atoms with Gasteiger partial charge in [0.2, 0.25) is 10.2 Å². The smallest absolute Gasteiger partial charge is 0.231 e. The second-order valence-corrected chi connectivity index (χ2v) is 6.81. The number of hydrogen-bond donors (Lipinski definition) is 2. The van der Waals surface area contributed by atoms with E-state index in [4.69, 9.17) is 0 Å². The standard InChI is InChI=1S/C14H10O2S4/c15-13(9-5-1-3-7-11(9)17)19-20-14(16)10-6-2-4-8-12(10)18/h1-8,17-18H. The zero-order chi connectivity index (χ0) is 14.5. The van der Waals surface area contributed by atoms with Gasteiger partial charge in [0.25, 0.3) is 0 Å². The van der Waals surface area contributed by atoms with Gasteiger partial charge in [-0.25, -0.2) is 0 Å². The molecule has 0 radical (unpaired) electrons. The van der Waals surface area contributed by atoms with E-state index in [1.54, 1.807) is 48.5 Å². The molecule has 0 amide bonds. The van der Waals surface area contributed by atoms with Crippen LogP contribution in [0.1, 0.15) is 20.7 Å². The fraction of sp³-hybridized carbons (Fsp3) is 0. The quantitative estimate of drug-likeness (QED) is 0.618. The van der Waals surface area contributed by atoms with Gasteiger partial charge in [-0.2, -0.15) is 0 Å². The first-order valence-corrected chi connectivity index (χ1v) is 8.63. The van der Waals surface area contributed by atoms with Crippen LogP contribution >= 0.6 is 46.8 Å². The van der Waals surface area contributed by atoms with Crippen LogP contribution in [0.4, 0.5) is 0 Å². The molecule has 0 atom stereocenters. The summed E-state index contributed by atoms with van der Waals surface area (Å²) in [7, 11) is 1.80. The summed E-state index contributed by atoms with van der Waals surface area (Å²) in [4.78, 5) is 25.2. The molecule has 0 aliphatic rings. The van der Waals surface area contributed by atoms with E-state index < -0.39 is 0 Å². The normalized spacial score (nSPS) is 10.3. The number of carbonyl (C=O) groups excluding carboxylic acids is 2. The third kappa shape index (κ3) is 3.85. The van der Waals surface area contributed by atoms with E-state index >= 15 is 0 Å². The SMILES string of the molecule is O=C(SSC(=O)c1ccccc1S)c1ccccc1S. The molecule has 0 bridgehead atoms. The highest BCUT2D eigenvalue weighted by Crippen LogP contribution is 2.32. The second kappa shape index (κ2) is 7.26. The third-order valence-electron chi connectivity index (χ3n) is 2.44. The van der Waals surface area contributed by atoms with E-state index in [1.807, 2.05) is 0 Å². The molecule has 0 saturated carbocycles. The average Bonchev–Trinajstić information content (AvgIpc) is 2.45. The summed E-state index contributed by atoms with van der Waals surface area (Å²) in [6, 6.07) is 14.0. The lowest BCUT2D eigenvalue weighted by Gasteiger charge is -2.04. The zero-order valence-corrected chi connectivity index (χ0v) is 13.6. The van der Waals surface area contributed by atoms with Crippen molar-refractivity contribution in [3.05, 3.63) is 59.7 Å². The maximum absolute atomic E-state index is 12.0. The largest absolute Gasteiger partial charge is 0.281 e. The van der Waals surface area contributed by atoms with E-state index in [9.17, 15) is 9.59 Å². The summed E-state index contributed by atoms with van der Waals surface area (Å²) in [6.07, 6.45) is 0. The van der Waals surface area contributed by atoms with Crippen molar-refractivity contribution in [3.8, 4) is 0 Å². The Morgan fingerprint density at radius 2 is 1.05 bits per heavy atom. The molecule has 0 spiro atoms. The topological polar surface area (TPSA) is 34.1 Å². The van der Waals surface area contributed by atoms with Crippen molar-refractivity contribution < 1.29 is 9.59 Å². The Balaban J connectivity index is 2.03. The van der Waals surface area contributed by atoms with Crippen molar-refractivity contribution in [2.24, 2.45) is 0 Å². The number of thiol groups is 2. The van der Waals surface area contributed by atoms with Crippen molar-refractivity contribution in [3.63, 3.8) is 0 Å². The Morgan fingerprint density at radius 1 is 0.700 bits per heavy atom. The molecule has 2 rings (SSSR count). The monoisotopic (exact) mass is 338 g/mol. The minimum absolute atomic E-state index is 0.189. The Morgan fingerprint density at radius 3 is 1.40 bits per heavy atom. The van der Waals surface area contributed by atoms with E-state index in [1.165, 1.54) is 0 Å². The first-order chi connectivity index (χ1) is 9.59. The molecule has 2 nitrogen and oxygen atoms in total. The first-order valence-electron chi connectivity index (χ1n) is 5.59. The van der Waals surface area contributed by atoms with Gasteiger partial charge in [0, 0.05) is 20.9 Å². The zero-order valence-electron chi connectivity index (χ0n) is 10.1. The van der Waals surface area contributed by atoms with Gasteiger partial charge in [-0.3, -0.25) is 9.59 Å². The lowest BCUT2D eigenvalue weighted by molar-refractivity contribution is 0.107. The van der Waals surface area contributed by atoms with Gasteiger partial charge >= 0.3 is 0 Å². The van der Waals surface area contributed by atoms with Crippen LogP contribution in [0.15, 0.2) is 58.3 Å². The minimum Gasteiger partial charge on any atom is -0.281 e. The van der Waals surface area contributed by atoms with Crippen molar-refractivity contribution in [1.29, 1.82) is 0 Å². The number of carbonyl (C=O) groups is 2. The van der Waals surface area contributed by atoms with Crippen molar-refractivity contribution in [1.82, 2.24) is 0 Å². The summed E-state index contributed by atoms with van der Waals surface area (Å²) < 4.78 is 0. The van der Waals surface area contributed by atoms with Gasteiger partial charge in [0.05, 0.1) is 0 Å². The van der Waals surface area contributed by atoms with Crippen molar-refractivity contribution in [2.75, 3.05) is 0 Å². The molecule has 0 heterocycles. The Bertz CT molecular complexity index is 598. The molecule has 0 aromatic heterocycles. The number of benzene rings is 2. The highest BCUT2D eigenvalue weighted by atomic mass is 33.1. The predicted octanol–water partition coefficient (Wildman–Crippen LogP) is 4.63. The predicted molar refractivity (Wildman–Crippen MR) is 91.2 cm³/mol. The Hall–Kier alpha value is -0.820. The molecule has 0 unspecified atom stereocenters. The molecule has 0 saturated heterocycles. The average molecular weight is 339 g/mol. The molecule has 0 aliphatic carbocycles. The van der Waals surface area contributed by atoms with Crippen LogP contribution in [0.5, 0.6) is 0 Å². The lowest BCUT2D eigenvalue weighted by Crippen LogP contribution is -1.97. The van der Waals surface area contributed by atoms with Crippen LogP contribution in [0.3, 0.4) is 0 Å². The van der Waals surface area contributed by atoms with Gasteiger partial charge < -0.3 is 0 Å². The van der Waals surface area contributed by atoms with Crippen molar-refractivity contribution in [2.45, 2.75) is 9.79 Å². The van der Waals surface area contributed by atoms with Gasteiger partial charge in [0.15, 0.2) is 0 Å². The van der Waals surface area contributed by atoms with Gasteiger partial charge in [-0.1, -0.05) is 24.3 Å². The molecule has 102 valence electrons. The van der Waals surface area contributed by atoms with Crippen LogP contribution in [0.2, 0.25) is 0 Å². The molecule has 2 aromatic rings. The fourth-order valence-corrected chi connectivity index (χ4v) is 3.81. The first kappa shape index (κ1) is 15.6. The molecule has 6 heteroatoms. The molecule has 2 aromatic carbocycles. The molecule has 0 fully saturated rings. The van der Waals surface area contributed by atoms with E-state index in [2.05, 4.69) is 25.3 Å². The summed E-state index contributed by atoms with van der Waals surface area (Å²) in [5.74, 6) is 0. The summed E-state index contributed by atoms with van der Waals surface area (Å²) in [6.45, 7) is 0. The van der Waals surface area contributed by atoms with Gasteiger partial charge in [0.1, 0.15) is 0 Å². The molecule has 0 aliphatic heterocycles. The third-order valence-corrected chi connectivity index (χ3v) is 5.21. The summed E-state index contributed by atoms with van der Waals surface area (Å²) >= 11 is 8.46. The highest BCUT2D eigenvalue weighted by molar-refractivity contribution is 8.87. The molecular weight excluding hydrogens is 328 g/mol. The van der Waals surface area contributed by atoms with E-state index in [-0.39, 0.29) is 10.2 Å². The summed E-state index contributed by atoms with van der Waals surface area (Å²) in [5.41, 5.74) is 1.00. The Labute approximate surface area is 135 Å². The number of rotatable bonds is 2. The van der Waals surface area contributed by atoms with E-state index in [0.29, 0.717) is 20.9 Å². The maximum Gasteiger partial charge on any atom is 0.231 e. The van der Waals surface area contributed by atoms with Crippen LogP contribution < -0.4 is 0 Å². The van der Waals surface area contributed by atoms with Crippen LogP contribution in [-0.2, 0) is 0 Å². The number of hydrogen-bond acceptors (Lipinski definition) is 6. The molecular formula is C14H10O2S4. The molecule has 20 heavy (non-hydrogen) atoms.